The van der Waals surface area contributed by atoms with E-state index in [1.165, 1.54) is 111 Å². The van der Waals surface area contributed by atoms with Crippen LogP contribution in [-0.2, 0) is 22.4 Å². The van der Waals surface area contributed by atoms with Gasteiger partial charge in [-0.15, -0.1) is 0 Å². The number of nitrogen functional groups attached to an aromatic ring is 2. The van der Waals surface area contributed by atoms with Crippen LogP contribution in [0.2, 0.25) is 0 Å². The van der Waals surface area contributed by atoms with Gasteiger partial charge in [0.25, 0.3) is 0 Å². The van der Waals surface area contributed by atoms with Crippen molar-refractivity contribution in [3.05, 3.63) is 179 Å². The lowest BCUT2D eigenvalue weighted by atomic mass is 9.65. The van der Waals surface area contributed by atoms with Gasteiger partial charge in [0.2, 0.25) is 11.6 Å². The highest BCUT2D eigenvalue weighted by Gasteiger charge is 2.58. The molecule has 0 amide bonds. The Kier molecular flexibility index (Phi) is 21.2. The molecular formula is C61H56F10N2O12. The molecule has 0 aromatic heterocycles. The Labute approximate surface area is 480 Å². The zero-order chi connectivity index (χ0) is 62.4. The fraction of sp³-hybridized carbons (Fsp3) is 0.279. The van der Waals surface area contributed by atoms with Gasteiger partial charge in [0.05, 0.1) is 38.6 Å². The smallest absolute Gasteiger partial charge is 0.453 e. The van der Waals surface area contributed by atoms with Crippen LogP contribution in [0, 0.1) is 5.41 Å². The van der Waals surface area contributed by atoms with E-state index < -0.39 is 104 Å². The molecule has 0 radical (unpaired) electrons. The molecule has 0 aliphatic heterocycles. The number of esters is 2. The Morgan fingerprint density at radius 2 is 0.871 bits per heavy atom. The van der Waals surface area contributed by atoms with E-state index in [0.29, 0.717) is 28.1 Å². The lowest BCUT2D eigenvalue weighted by Gasteiger charge is -2.42. The molecule has 6 aromatic rings. The van der Waals surface area contributed by atoms with Gasteiger partial charge in [0, 0.05) is 36.1 Å². The van der Waals surface area contributed by atoms with Crippen LogP contribution in [0.25, 0.3) is 12.2 Å². The number of benzene rings is 6. The number of alkyl halides is 10. The summed E-state index contributed by atoms with van der Waals surface area (Å²) in [7, 11) is 2.54. The molecule has 0 fully saturated rings. The van der Waals surface area contributed by atoms with E-state index in [-0.39, 0.29) is 64.0 Å². The Hall–Kier alpha value is -8.90. The zero-order valence-corrected chi connectivity index (χ0v) is 45.3. The standard InChI is InChI=1S/C61H56F10N2O12/c1-80-51-33-38(10-26-49(51)84-54(76)42-13-22-47(23-14-42)82-31-3-29-57(62,63)60(66,67)68)9-21-46(74)37-56(35-40-5-17-44(72)18-6-40,36-41-7-19-45(73)20-8-41)59(78,79)53(75)28-12-39-11-27-50(52(34-39)81-2)85-55(77)43-15-24-48(25-16-43)83-32-4-30-58(64,65)61(69,70)71/h5-28,33-34,78-79H,3-4,29-32,35-37,72-73H2,1-2H3. The molecular weight excluding hydrogens is 1140 g/mol. The maximum atomic E-state index is 14.4. The van der Waals surface area contributed by atoms with E-state index in [4.69, 9.17) is 39.9 Å². The van der Waals surface area contributed by atoms with Crippen LogP contribution in [0.1, 0.15) is 75.1 Å². The van der Waals surface area contributed by atoms with Crippen LogP contribution in [-0.4, -0.2) is 91.1 Å². The van der Waals surface area contributed by atoms with Crippen LogP contribution in [0.3, 0.4) is 0 Å². The molecule has 0 aliphatic carbocycles. The molecule has 0 heterocycles. The largest absolute Gasteiger partial charge is 0.494 e. The summed E-state index contributed by atoms with van der Waals surface area (Å²) in [4.78, 5) is 54.9. The first-order valence-corrected chi connectivity index (χ1v) is 25.7. The molecule has 6 aromatic carbocycles. The summed E-state index contributed by atoms with van der Waals surface area (Å²) < 4.78 is 160. The molecule has 6 N–H and O–H groups in total. The fourth-order valence-electron chi connectivity index (χ4n) is 8.43. The summed E-state index contributed by atoms with van der Waals surface area (Å²) in [6, 6.07) is 31.3. The average Bonchev–Trinajstić information content (AvgIpc) is 1.97. The van der Waals surface area contributed by atoms with Crippen molar-refractivity contribution in [3.63, 3.8) is 0 Å². The van der Waals surface area contributed by atoms with E-state index in [9.17, 15) is 73.3 Å². The van der Waals surface area contributed by atoms with Crippen molar-refractivity contribution in [3.8, 4) is 34.5 Å². The SMILES string of the molecule is COc1cc(C=CC(=O)CC(Cc2ccc(N)cc2)(Cc2ccc(N)cc2)C(O)(O)C(=O)C=Cc2ccc(OC(=O)c3ccc(OCCCC(F)(F)C(F)(F)F)cc3)c(OC)c2)ccc1OC(=O)c1ccc(OCCCC(F)(F)C(F)(F)F)cc1. The van der Waals surface area contributed by atoms with Crippen LogP contribution < -0.4 is 39.9 Å². The van der Waals surface area contributed by atoms with Crippen LogP contribution >= 0.6 is 0 Å². The van der Waals surface area contributed by atoms with Crippen molar-refractivity contribution in [1.29, 1.82) is 0 Å². The summed E-state index contributed by atoms with van der Waals surface area (Å²) in [5, 5.41) is 24.7. The minimum Gasteiger partial charge on any atom is -0.494 e. The summed E-state index contributed by atoms with van der Waals surface area (Å²) in [5.74, 6) is -16.7. The van der Waals surface area contributed by atoms with E-state index in [0.717, 1.165) is 12.2 Å². The van der Waals surface area contributed by atoms with Gasteiger partial charge in [0.1, 0.15) is 11.5 Å². The number of rotatable bonds is 28. The first-order chi connectivity index (χ1) is 39.9. The van der Waals surface area contributed by atoms with Crippen LogP contribution in [0.5, 0.6) is 34.5 Å². The third kappa shape index (κ3) is 17.6. The first-order valence-electron chi connectivity index (χ1n) is 25.7. The predicted molar refractivity (Wildman–Crippen MR) is 292 cm³/mol. The highest BCUT2D eigenvalue weighted by molar-refractivity contribution is 6.01. The highest BCUT2D eigenvalue weighted by Crippen LogP contribution is 2.44. The summed E-state index contributed by atoms with van der Waals surface area (Å²) in [6.07, 6.45) is -12.1. The molecule has 0 saturated heterocycles. The van der Waals surface area contributed by atoms with Gasteiger partial charge in [-0.25, -0.2) is 9.59 Å². The number of allylic oxidation sites excluding steroid dienone is 1. The molecule has 0 aliphatic rings. The van der Waals surface area contributed by atoms with Gasteiger partial charge in [-0.1, -0.05) is 48.6 Å². The topological polar surface area (TPSA) is 216 Å². The Bertz CT molecular complexity index is 3280. The quantitative estimate of drug-likeness (QED) is 0.00684. The second-order valence-corrected chi connectivity index (χ2v) is 19.4. The maximum Gasteiger partial charge on any atom is 0.453 e. The monoisotopic (exact) mass is 1200 g/mol. The van der Waals surface area contributed by atoms with Crippen molar-refractivity contribution in [2.75, 3.05) is 38.9 Å². The molecule has 0 unspecified atom stereocenters. The number of carbonyl (C=O) groups excluding carboxylic acids is 4. The Morgan fingerprint density at radius 1 is 0.494 bits per heavy atom. The van der Waals surface area contributed by atoms with Crippen molar-refractivity contribution in [2.45, 2.75) is 74.9 Å². The van der Waals surface area contributed by atoms with Crippen LogP contribution in [0.4, 0.5) is 55.3 Å². The molecule has 0 atom stereocenters. The second-order valence-electron chi connectivity index (χ2n) is 19.4. The second kappa shape index (κ2) is 27.7. The van der Waals surface area contributed by atoms with Crippen molar-refractivity contribution >= 4 is 47.0 Å². The minimum atomic E-state index is -5.69. The maximum absolute atomic E-state index is 14.4. The number of nitrogens with two attached hydrogens (primary N) is 2. The van der Waals surface area contributed by atoms with Gasteiger partial charge >= 0.3 is 36.1 Å². The number of hydrogen-bond donors (Lipinski definition) is 4. The number of methoxy groups -OCH3 is 2. The molecule has 0 bridgehead atoms. The highest BCUT2D eigenvalue weighted by atomic mass is 19.4. The molecule has 0 spiro atoms. The van der Waals surface area contributed by atoms with Gasteiger partial charge in [-0.3, -0.25) is 9.59 Å². The first kappa shape index (κ1) is 65.3. The van der Waals surface area contributed by atoms with Crippen molar-refractivity contribution in [2.24, 2.45) is 5.41 Å². The normalized spacial score (nSPS) is 12.5. The molecule has 0 saturated carbocycles. The van der Waals surface area contributed by atoms with Gasteiger partial charge in [-0.2, -0.15) is 43.9 Å². The van der Waals surface area contributed by atoms with E-state index in [2.05, 4.69) is 0 Å². The third-order valence-corrected chi connectivity index (χ3v) is 13.1. The van der Waals surface area contributed by atoms with Crippen molar-refractivity contribution < 1.29 is 102 Å². The predicted octanol–water partition coefficient (Wildman–Crippen LogP) is 12.4. The number of halogens is 10. The molecule has 24 heteroatoms. The Morgan fingerprint density at radius 3 is 1.24 bits per heavy atom. The van der Waals surface area contributed by atoms with Crippen molar-refractivity contribution in [1.82, 2.24) is 0 Å². The average molecular weight is 1200 g/mol. The van der Waals surface area contributed by atoms with Gasteiger partial charge < -0.3 is 50.1 Å². The molecule has 14 nitrogen and oxygen atoms in total. The third-order valence-electron chi connectivity index (χ3n) is 13.1. The zero-order valence-electron chi connectivity index (χ0n) is 45.3. The summed E-state index contributed by atoms with van der Waals surface area (Å²) in [5.41, 5.74) is 12.2. The lowest BCUT2D eigenvalue weighted by molar-refractivity contribution is -0.284. The Balaban J connectivity index is 1.18. The fourth-order valence-corrected chi connectivity index (χ4v) is 8.43. The summed E-state index contributed by atoms with van der Waals surface area (Å²) >= 11 is 0. The van der Waals surface area contributed by atoms with Crippen LogP contribution in [0.15, 0.2) is 146 Å². The van der Waals surface area contributed by atoms with Gasteiger partial charge in [0.15, 0.2) is 28.8 Å². The number of ether oxygens (including phenoxy) is 6. The van der Waals surface area contributed by atoms with E-state index in [1.54, 1.807) is 48.5 Å². The van der Waals surface area contributed by atoms with E-state index >= 15 is 0 Å². The van der Waals surface area contributed by atoms with Gasteiger partial charge in [-0.05, 0) is 157 Å². The molecule has 85 heavy (non-hydrogen) atoms. The van der Waals surface area contributed by atoms with E-state index in [1.807, 2.05) is 0 Å². The molecule has 452 valence electrons. The number of ketones is 2. The number of hydrogen-bond acceptors (Lipinski definition) is 14. The summed E-state index contributed by atoms with van der Waals surface area (Å²) in [6.45, 7) is -0.913. The minimum absolute atomic E-state index is 0.00636. The number of anilines is 2. The lowest BCUT2D eigenvalue weighted by Crippen LogP contribution is -2.57. The number of aliphatic hydroxyl groups is 2. The number of carbonyl (C=O) groups is 4. The molecule has 6 rings (SSSR count).